The number of halogens is 1. The molecule has 8 nitrogen and oxygen atoms in total. The highest BCUT2D eigenvalue weighted by Gasteiger charge is 2.17. The molecule has 0 heterocycles. The predicted octanol–water partition coefficient (Wildman–Crippen LogP) is 6.68. The predicted molar refractivity (Wildman–Crippen MR) is 168 cm³/mol. The van der Waals surface area contributed by atoms with Gasteiger partial charge in [-0.2, -0.15) is 0 Å². The van der Waals surface area contributed by atoms with Gasteiger partial charge < -0.3 is 21.1 Å². The molecule has 4 N–H and O–H groups in total. The van der Waals surface area contributed by atoms with E-state index in [0.717, 1.165) is 14.9 Å². The molecule has 42 heavy (non-hydrogen) atoms. The maximum atomic E-state index is 13.3. The zero-order valence-electron chi connectivity index (χ0n) is 22.3. The number of rotatable bonds is 10. The zero-order chi connectivity index (χ0) is 30.1. The van der Waals surface area contributed by atoms with Crippen molar-refractivity contribution in [2.24, 2.45) is 0 Å². The van der Waals surface area contributed by atoms with Gasteiger partial charge in [-0.1, -0.05) is 46.3 Å². The number of hydrogen-bond donors (Lipinski definition) is 4. The minimum absolute atomic E-state index is 0.0714. The maximum Gasteiger partial charge on any atom is 0.335 e. The number of thioether (sulfide) groups is 1. The van der Waals surface area contributed by atoms with E-state index in [1.807, 2.05) is 24.3 Å². The van der Waals surface area contributed by atoms with Crippen LogP contribution in [-0.4, -0.2) is 34.0 Å². The number of carboxylic acids is 1. The third-order valence-electron chi connectivity index (χ3n) is 5.88. The fourth-order valence-corrected chi connectivity index (χ4v) is 5.00. The van der Waals surface area contributed by atoms with Gasteiger partial charge in [0.25, 0.3) is 11.8 Å². The Morgan fingerprint density at radius 3 is 2.07 bits per heavy atom. The number of carboxylic acid groups (broad SMARTS) is 1. The number of carbonyl (C=O) groups excluding carboxylic acids is 3. The second-order valence-electron chi connectivity index (χ2n) is 9.04. The van der Waals surface area contributed by atoms with Crippen LogP contribution in [0.3, 0.4) is 0 Å². The summed E-state index contributed by atoms with van der Waals surface area (Å²) in [6.45, 7) is 1.76. The molecule has 1 unspecified atom stereocenters. The third-order valence-corrected chi connectivity index (χ3v) is 7.49. The van der Waals surface area contributed by atoms with E-state index < -0.39 is 23.0 Å². The van der Waals surface area contributed by atoms with Crippen LogP contribution in [0.15, 0.2) is 118 Å². The smallest absolute Gasteiger partial charge is 0.335 e. The molecule has 0 aliphatic carbocycles. The van der Waals surface area contributed by atoms with Crippen LogP contribution >= 0.6 is 27.7 Å². The Morgan fingerprint density at radius 1 is 0.786 bits per heavy atom. The van der Waals surface area contributed by atoms with Crippen molar-refractivity contribution in [3.63, 3.8) is 0 Å². The van der Waals surface area contributed by atoms with Crippen LogP contribution in [0.4, 0.5) is 11.4 Å². The Bertz CT molecular complexity index is 1620. The molecule has 0 aromatic heterocycles. The SMILES string of the molecule is CC(Sc1ccc(NC(=O)/C(=C/c2cccc(Br)c2)NC(=O)c2ccccc2)cc1)C(=O)Nc1ccc(C(=O)O)cc1. The Morgan fingerprint density at radius 2 is 1.43 bits per heavy atom. The molecule has 0 aliphatic heterocycles. The number of carbonyl (C=O) groups is 4. The lowest BCUT2D eigenvalue weighted by atomic mass is 10.1. The molecule has 1 atom stereocenters. The molecular formula is C32H26BrN3O5S. The molecule has 0 bridgehead atoms. The maximum absolute atomic E-state index is 13.3. The van der Waals surface area contributed by atoms with Crippen molar-refractivity contribution in [3.8, 4) is 0 Å². The highest BCUT2D eigenvalue weighted by molar-refractivity contribution is 9.10. The minimum atomic E-state index is -1.04. The number of benzene rings is 4. The molecule has 3 amide bonds. The van der Waals surface area contributed by atoms with E-state index >= 15 is 0 Å². The van der Waals surface area contributed by atoms with Gasteiger partial charge in [0.1, 0.15) is 5.70 Å². The van der Waals surface area contributed by atoms with Crippen molar-refractivity contribution in [2.75, 3.05) is 10.6 Å². The highest BCUT2D eigenvalue weighted by atomic mass is 79.9. The first-order valence-electron chi connectivity index (χ1n) is 12.7. The lowest BCUT2D eigenvalue weighted by Crippen LogP contribution is -2.30. The van der Waals surface area contributed by atoms with Gasteiger partial charge in [0.2, 0.25) is 5.91 Å². The molecule has 0 aliphatic rings. The Kier molecular flexibility index (Phi) is 10.3. The molecule has 10 heteroatoms. The largest absolute Gasteiger partial charge is 0.478 e. The Hall–Kier alpha value is -4.67. The normalized spacial score (nSPS) is 11.7. The van der Waals surface area contributed by atoms with Gasteiger partial charge in [-0.15, -0.1) is 11.8 Å². The van der Waals surface area contributed by atoms with E-state index in [9.17, 15) is 19.2 Å². The summed E-state index contributed by atoms with van der Waals surface area (Å²) in [5.41, 5.74) is 2.36. The first-order valence-corrected chi connectivity index (χ1v) is 14.4. The average Bonchev–Trinajstić information content (AvgIpc) is 2.98. The first-order chi connectivity index (χ1) is 20.2. The number of nitrogens with one attached hydrogen (secondary N) is 3. The molecule has 4 rings (SSSR count). The number of hydrogen-bond acceptors (Lipinski definition) is 5. The number of amides is 3. The monoisotopic (exact) mass is 643 g/mol. The van der Waals surface area contributed by atoms with E-state index in [1.54, 1.807) is 67.6 Å². The van der Waals surface area contributed by atoms with Crippen LogP contribution in [0, 0.1) is 0 Å². The highest BCUT2D eigenvalue weighted by Crippen LogP contribution is 2.26. The summed E-state index contributed by atoms with van der Waals surface area (Å²) in [6, 6.07) is 28.9. The number of aromatic carboxylic acids is 1. The van der Waals surface area contributed by atoms with Gasteiger partial charge in [-0.25, -0.2) is 4.79 Å². The lowest BCUT2D eigenvalue weighted by molar-refractivity contribution is -0.115. The molecule has 4 aromatic rings. The second-order valence-corrected chi connectivity index (χ2v) is 11.4. The standard InChI is InChI=1S/C32H26BrN3O5S/c1-20(29(37)34-25-12-10-23(11-13-25)32(40)41)42-27-16-14-26(15-17-27)35-31(39)28(19-21-6-5-9-24(33)18-21)36-30(38)22-7-3-2-4-8-22/h2-20H,1H3,(H,34,37)(H,35,39)(H,36,38)(H,40,41)/b28-19-. The lowest BCUT2D eigenvalue weighted by Gasteiger charge is -2.14. The molecule has 4 aromatic carbocycles. The van der Waals surface area contributed by atoms with Crippen molar-refractivity contribution in [2.45, 2.75) is 17.1 Å². The number of anilines is 2. The molecular weight excluding hydrogens is 618 g/mol. The molecule has 0 fully saturated rings. The van der Waals surface area contributed by atoms with E-state index in [0.29, 0.717) is 16.9 Å². The molecule has 0 saturated heterocycles. The summed E-state index contributed by atoms with van der Waals surface area (Å²) >= 11 is 4.75. The van der Waals surface area contributed by atoms with Gasteiger partial charge in [-0.05, 0) is 91.4 Å². The van der Waals surface area contributed by atoms with Crippen molar-refractivity contribution in [3.05, 3.63) is 130 Å². The van der Waals surface area contributed by atoms with Gasteiger partial charge in [0.15, 0.2) is 0 Å². The van der Waals surface area contributed by atoms with Crippen LogP contribution < -0.4 is 16.0 Å². The van der Waals surface area contributed by atoms with Gasteiger partial charge in [0, 0.05) is 26.3 Å². The van der Waals surface area contributed by atoms with Crippen molar-refractivity contribution < 1.29 is 24.3 Å². The van der Waals surface area contributed by atoms with Crippen LogP contribution in [0.1, 0.15) is 33.2 Å². The van der Waals surface area contributed by atoms with E-state index in [4.69, 9.17) is 5.11 Å². The van der Waals surface area contributed by atoms with Crippen LogP contribution in [-0.2, 0) is 9.59 Å². The molecule has 212 valence electrons. The summed E-state index contributed by atoms with van der Waals surface area (Å²) in [7, 11) is 0. The summed E-state index contributed by atoms with van der Waals surface area (Å²) in [5, 5.41) is 16.9. The quantitative estimate of drug-likeness (QED) is 0.113. The second kappa shape index (κ2) is 14.3. The van der Waals surface area contributed by atoms with Crippen LogP contribution in [0.2, 0.25) is 0 Å². The van der Waals surface area contributed by atoms with Crippen molar-refractivity contribution >= 4 is 68.8 Å². The average molecular weight is 645 g/mol. The summed E-state index contributed by atoms with van der Waals surface area (Å²) in [4.78, 5) is 50.5. The van der Waals surface area contributed by atoms with E-state index in [1.165, 1.54) is 36.0 Å². The third kappa shape index (κ3) is 8.66. The summed E-state index contributed by atoms with van der Waals surface area (Å²) in [5.74, 6) is -2.19. The summed E-state index contributed by atoms with van der Waals surface area (Å²) in [6.07, 6.45) is 1.60. The fraction of sp³-hybridized carbons (Fsp3) is 0.0625. The van der Waals surface area contributed by atoms with Crippen LogP contribution in [0.5, 0.6) is 0 Å². The first kappa shape index (κ1) is 30.3. The Balaban J connectivity index is 1.41. The van der Waals surface area contributed by atoms with Crippen molar-refractivity contribution in [1.29, 1.82) is 0 Å². The zero-order valence-corrected chi connectivity index (χ0v) is 24.7. The molecule has 0 saturated carbocycles. The molecule has 0 spiro atoms. The van der Waals surface area contributed by atoms with Gasteiger partial charge in [-0.3, -0.25) is 14.4 Å². The van der Waals surface area contributed by atoms with Gasteiger partial charge >= 0.3 is 5.97 Å². The van der Waals surface area contributed by atoms with Gasteiger partial charge in [0.05, 0.1) is 10.8 Å². The Labute approximate surface area is 255 Å². The van der Waals surface area contributed by atoms with E-state index in [2.05, 4.69) is 31.9 Å². The minimum Gasteiger partial charge on any atom is -0.478 e. The topological polar surface area (TPSA) is 125 Å². The molecule has 0 radical (unpaired) electrons. The van der Waals surface area contributed by atoms with E-state index in [-0.39, 0.29) is 17.2 Å². The van der Waals surface area contributed by atoms with Crippen LogP contribution in [0.25, 0.3) is 6.08 Å². The van der Waals surface area contributed by atoms with Crippen molar-refractivity contribution in [1.82, 2.24) is 5.32 Å². The fourth-order valence-electron chi connectivity index (χ4n) is 3.72. The summed E-state index contributed by atoms with van der Waals surface area (Å²) < 4.78 is 0.831.